The van der Waals surface area contributed by atoms with E-state index in [4.69, 9.17) is 4.42 Å². The summed E-state index contributed by atoms with van der Waals surface area (Å²) in [5.41, 5.74) is 1.92. The first-order valence-corrected chi connectivity index (χ1v) is 10.1. The molecule has 1 aliphatic rings. The zero-order valence-corrected chi connectivity index (χ0v) is 15.5. The van der Waals surface area contributed by atoms with Crippen molar-refractivity contribution < 1.29 is 12.8 Å². The zero-order chi connectivity index (χ0) is 17.9. The summed E-state index contributed by atoms with van der Waals surface area (Å²) >= 11 is 0. The Morgan fingerprint density at radius 3 is 2.52 bits per heavy atom. The summed E-state index contributed by atoms with van der Waals surface area (Å²) in [6.07, 6.45) is 0.691. The van der Waals surface area contributed by atoms with Crippen molar-refractivity contribution in [2.75, 3.05) is 32.7 Å². The lowest BCUT2D eigenvalue weighted by Crippen LogP contribution is -2.49. The number of rotatable bonds is 6. The smallest absolute Gasteiger partial charge is 0.218 e. The third kappa shape index (κ3) is 4.87. The van der Waals surface area contributed by atoms with Gasteiger partial charge in [-0.2, -0.15) is 4.31 Å². The SMILES string of the molecule is Cc1cccc(CS(=O)(=O)N2CCN(CCc3nnc(C)o3)CC2)c1. The predicted molar refractivity (Wildman–Crippen MR) is 94.6 cm³/mol. The molecule has 0 bridgehead atoms. The van der Waals surface area contributed by atoms with Crippen molar-refractivity contribution in [3.8, 4) is 0 Å². The highest BCUT2D eigenvalue weighted by Gasteiger charge is 2.27. The monoisotopic (exact) mass is 364 g/mol. The molecule has 2 aromatic rings. The minimum absolute atomic E-state index is 0.0654. The number of aryl methyl sites for hydroxylation is 2. The molecule has 136 valence electrons. The van der Waals surface area contributed by atoms with Crippen LogP contribution in [0.3, 0.4) is 0 Å². The second-order valence-corrected chi connectivity index (χ2v) is 8.42. The van der Waals surface area contributed by atoms with Gasteiger partial charge in [0, 0.05) is 46.1 Å². The van der Waals surface area contributed by atoms with E-state index in [9.17, 15) is 8.42 Å². The Bertz CT molecular complexity index is 811. The van der Waals surface area contributed by atoms with Gasteiger partial charge < -0.3 is 9.32 Å². The minimum Gasteiger partial charge on any atom is -0.426 e. The summed E-state index contributed by atoms with van der Waals surface area (Å²) in [6, 6.07) is 7.67. The second kappa shape index (κ2) is 7.63. The molecule has 0 amide bonds. The molecule has 0 spiro atoms. The van der Waals surface area contributed by atoms with Crippen molar-refractivity contribution >= 4 is 10.0 Å². The number of hydrogen-bond donors (Lipinski definition) is 0. The van der Waals surface area contributed by atoms with Gasteiger partial charge in [0.05, 0.1) is 5.75 Å². The Morgan fingerprint density at radius 2 is 1.88 bits per heavy atom. The molecule has 7 nitrogen and oxygen atoms in total. The molecule has 25 heavy (non-hydrogen) atoms. The van der Waals surface area contributed by atoms with Gasteiger partial charge in [-0.3, -0.25) is 0 Å². The molecule has 8 heteroatoms. The summed E-state index contributed by atoms with van der Waals surface area (Å²) in [7, 11) is -3.27. The molecular weight excluding hydrogens is 340 g/mol. The molecular formula is C17H24N4O3S. The van der Waals surface area contributed by atoms with Crippen LogP contribution in [0, 0.1) is 13.8 Å². The molecule has 0 aliphatic carbocycles. The second-order valence-electron chi connectivity index (χ2n) is 6.45. The van der Waals surface area contributed by atoms with Crippen LogP contribution in [-0.2, 0) is 22.2 Å². The molecule has 0 N–H and O–H groups in total. The Balaban J connectivity index is 1.50. The van der Waals surface area contributed by atoms with Crippen molar-refractivity contribution in [2.45, 2.75) is 26.0 Å². The molecule has 1 saturated heterocycles. The van der Waals surface area contributed by atoms with Gasteiger partial charge in [0.1, 0.15) is 0 Å². The number of piperazine rings is 1. The van der Waals surface area contributed by atoms with Gasteiger partial charge in [0.25, 0.3) is 0 Å². The van der Waals surface area contributed by atoms with E-state index >= 15 is 0 Å². The maximum atomic E-state index is 12.6. The quantitative estimate of drug-likeness (QED) is 0.770. The van der Waals surface area contributed by atoms with E-state index in [0.717, 1.165) is 30.8 Å². The molecule has 1 fully saturated rings. The molecule has 0 unspecified atom stereocenters. The summed E-state index contributed by atoms with van der Waals surface area (Å²) in [6.45, 7) is 7.04. The van der Waals surface area contributed by atoms with Crippen molar-refractivity contribution in [1.29, 1.82) is 0 Å². The largest absolute Gasteiger partial charge is 0.426 e. The first-order valence-electron chi connectivity index (χ1n) is 8.47. The molecule has 1 aromatic heterocycles. The van der Waals surface area contributed by atoms with Crippen molar-refractivity contribution in [3.63, 3.8) is 0 Å². The number of nitrogens with zero attached hydrogens (tertiary/aromatic N) is 4. The average Bonchev–Trinajstić information content (AvgIpc) is 2.98. The van der Waals surface area contributed by atoms with Gasteiger partial charge >= 0.3 is 0 Å². The first kappa shape index (κ1) is 18.0. The number of sulfonamides is 1. The zero-order valence-electron chi connectivity index (χ0n) is 14.7. The van der Waals surface area contributed by atoms with Crippen LogP contribution in [-0.4, -0.2) is 60.5 Å². The van der Waals surface area contributed by atoms with Gasteiger partial charge in [-0.25, -0.2) is 8.42 Å². The minimum atomic E-state index is -3.27. The average molecular weight is 364 g/mol. The Labute approximate surface area is 148 Å². The van der Waals surface area contributed by atoms with Crippen LogP contribution < -0.4 is 0 Å². The van der Waals surface area contributed by atoms with Gasteiger partial charge in [0.2, 0.25) is 21.8 Å². The molecule has 2 heterocycles. The molecule has 3 rings (SSSR count). The fourth-order valence-electron chi connectivity index (χ4n) is 3.03. The number of hydrogen-bond acceptors (Lipinski definition) is 6. The lowest BCUT2D eigenvalue weighted by Gasteiger charge is -2.33. The predicted octanol–water partition coefficient (Wildman–Crippen LogP) is 1.38. The molecule has 1 aliphatic heterocycles. The van der Waals surface area contributed by atoms with Crippen molar-refractivity contribution in [2.24, 2.45) is 0 Å². The van der Waals surface area contributed by atoms with Crippen molar-refractivity contribution in [1.82, 2.24) is 19.4 Å². The van der Waals surface area contributed by atoms with Crippen LogP contribution in [0.25, 0.3) is 0 Å². The van der Waals surface area contributed by atoms with E-state index in [1.165, 1.54) is 0 Å². The third-order valence-electron chi connectivity index (χ3n) is 4.37. The van der Waals surface area contributed by atoms with Crippen LogP contribution in [0.15, 0.2) is 28.7 Å². The van der Waals surface area contributed by atoms with E-state index in [1.807, 2.05) is 31.2 Å². The van der Waals surface area contributed by atoms with Crippen LogP contribution in [0.4, 0.5) is 0 Å². The Morgan fingerprint density at radius 1 is 1.12 bits per heavy atom. The fraction of sp³-hybridized carbons (Fsp3) is 0.529. The number of benzene rings is 1. The highest BCUT2D eigenvalue weighted by atomic mass is 32.2. The van der Waals surface area contributed by atoms with Crippen LogP contribution in [0.5, 0.6) is 0 Å². The normalized spacial score (nSPS) is 17.0. The van der Waals surface area contributed by atoms with Gasteiger partial charge in [0.15, 0.2) is 0 Å². The van der Waals surface area contributed by atoms with E-state index in [1.54, 1.807) is 11.2 Å². The lowest BCUT2D eigenvalue weighted by molar-refractivity contribution is 0.186. The Kier molecular flexibility index (Phi) is 5.51. The van der Waals surface area contributed by atoms with Crippen LogP contribution in [0.2, 0.25) is 0 Å². The van der Waals surface area contributed by atoms with E-state index in [-0.39, 0.29) is 5.75 Å². The summed E-state index contributed by atoms with van der Waals surface area (Å²) < 4.78 is 32.2. The molecule has 0 saturated carbocycles. The Hall–Kier alpha value is -1.77. The highest BCUT2D eigenvalue weighted by molar-refractivity contribution is 7.88. The van der Waals surface area contributed by atoms with E-state index in [2.05, 4.69) is 15.1 Å². The van der Waals surface area contributed by atoms with Crippen LogP contribution >= 0.6 is 0 Å². The maximum Gasteiger partial charge on any atom is 0.218 e. The number of aromatic nitrogens is 2. The third-order valence-corrected chi connectivity index (χ3v) is 6.22. The lowest BCUT2D eigenvalue weighted by atomic mass is 10.2. The summed E-state index contributed by atoms with van der Waals surface area (Å²) in [5.74, 6) is 1.27. The molecule has 1 aromatic carbocycles. The standard InChI is InChI=1S/C17H24N4O3S/c1-14-4-3-5-16(12-14)13-25(22,23)21-10-8-20(9-11-21)7-6-17-19-18-15(2)24-17/h3-5,12H,6-11,13H2,1-2H3. The summed E-state index contributed by atoms with van der Waals surface area (Å²) in [4.78, 5) is 2.23. The maximum absolute atomic E-state index is 12.6. The van der Waals surface area contributed by atoms with E-state index in [0.29, 0.717) is 31.3 Å². The van der Waals surface area contributed by atoms with E-state index < -0.39 is 10.0 Å². The van der Waals surface area contributed by atoms with Gasteiger partial charge in [-0.15, -0.1) is 10.2 Å². The molecule has 0 radical (unpaired) electrons. The van der Waals surface area contributed by atoms with Crippen molar-refractivity contribution in [3.05, 3.63) is 47.2 Å². The summed E-state index contributed by atoms with van der Waals surface area (Å²) in [5, 5.41) is 7.81. The van der Waals surface area contributed by atoms with Gasteiger partial charge in [-0.05, 0) is 12.5 Å². The highest BCUT2D eigenvalue weighted by Crippen LogP contribution is 2.15. The fourth-order valence-corrected chi connectivity index (χ4v) is 4.53. The molecule has 0 atom stereocenters. The first-order chi connectivity index (χ1) is 11.9. The topological polar surface area (TPSA) is 79.5 Å². The van der Waals surface area contributed by atoms with Gasteiger partial charge in [-0.1, -0.05) is 29.8 Å². The van der Waals surface area contributed by atoms with Crippen LogP contribution in [0.1, 0.15) is 22.9 Å².